The average molecular weight is 449 g/mol. The molecule has 0 spiro atoms. The SMILES string of the molecule is CN(C)C(=O)[C@]1(Cc2ccccc2-c2cncnc2)CCCN(C(=O)CCC2CCCC2)C1. The van der Waals surface area contributed by atoms with Crippen molar-refractivity contribution in [3.63, 3.8) is 0 Å². The van der Waals surface area contributed by atoms with Crippen molar-refractivity contribution in [3.05, 3.63) is 48.5 Å². The highest BCUT2D eigenvalue weighted by Gasteiger charge is 2.44. The van der Waals surface area contributed by atoms with Gasteiger partial charge in [-0.25, -0.2) is 9.97 Å². The van der Waals surface area contributed by atoms with E-state index in [1.165, 1.54) is 32.0 Å². The summed E-state index contributed by atoms with van der Waals surface area (Å²) in [5.41, 5.74) is 2.48. The van der Waals surface area contributed by atoms with Crippen LogP contribution in [0, 0.1) is 11.3 Å². The number of carbonyl (C=O) groups excluding carboxylic acids is 2. The second kappa shape index (κ2) is 10.4. The Bertz CT molecular complexity index is 956. The molecular formula is C27H36N4O2. The smallest absolute Gasteiger partial charge is 0.230 e. The molecule has 2 aromatic rings. The Hall–Kier alpha value is -2.76. The molecule has 6 heteroatoms. The van der Waals surface area contributed by atoms with Crippen LogP contribution in [0.3, 0.4) is 0 Å². The average Bonchev–Trinajstić information content (AvgIpc) is 3.37. The monoisotopic (exact) mass is 448 g/mol. The number of amides is 2. The van der Waals surface area contributed by atoms with Crippen LogP contribution in [0.25, 0.3) is 11.1 Å². The maximum Gasteiger partial charge on any atom is 0.230 e. The van der Waals surface area contributed by atoms with E-state index in [0.29, 0.717) is 25.3 Å². The zero-order valence-corrected chi connectivity index (χ0v) is 20.0. The number of hydrogen-bond donors (Lipinski definition) is 0. The molecule has 0 bridgehead atoms. The highest BCUT2D eigenvalue weighted by Crippen LogP contribution is 2.38. The Kier molecular flexibility index (Phi) is 7.41. The summed E-state index contributed by atoms with van der Waals surface area (Å²) in [6.45, 7) is 1.24. The van der Waals surface area contributed by atoms with Crippen LogP contribution in [0.1, 0.15) is 56.9 Å². The number of rotatable bonds is 7. The van der Waals surface area contributed by atoms with Crippen molar-refractivity contribution in [2.45, 2.75) is 57.8 Å². The van der Waals surface area contributed by atoms with E-state index in [0.717, 1.165) is 42.5 Å². The zero-order chi connectivity index (χ0) is 23.3. The van der Waals surface area contributed by atoms with E-state index >= 15 is 0 Å². The van der Waals surface area contributed by atoms with E-state index in [2.05, 4.69) is 22.1 Å². The van der Waals surface area contributed by atoms with Gasteiger partial charge in [-0.1, -0.05) is 49.9 Å². The van der Waals surface area contributed by atoms with Crippen LogP contribution in [0.2, 0.25) is 0 Å². The fraction of sp³-hybridized carbons (Fsp3) is 0.556. The van der Waals surface area contributed by atoms with Gasteiger partial charge in [0, 0.05) is 51.6 Å². The second-order valence-corrected chi connectivity index (χ2v) is 10.0. The van der Waals surface area contributed by atoms with Crippen molar-refractivity contribution in [2.75, 3.05) is 27.2 Å². The lowest BCUT2D eigenvalue weighted by Crippen LogP contribution is -2.54. The molecule has 1 saturated heterocycles. The first-order valence-electron chi connectivity index (χ1n) is 12.3. The minimum absolute atomic E-state index is 0.106. The lowest BCUT2D eigenvalue weighted by molar-refractivity contribution is -0.147. The number of nitrogens with zero attached hydrogens (tertiary/aromatic N) is 4. The highest BCUT2D eigenvalue weighted by atomic mass is 16.2. The largest absolute Gasteiger partial charge is 0.348 e. The summed E-state index contributed by atoms with van der Waals surface area (Å²) in [4.78, 5) is 38.7. The standard InChI is InChI=1S/C27H36N4O2/c1-30(2)26(33)27(16-22-10-5-6-11-24(22)23-17-28-20-29-18-23)14-7-15-31(19-27)25(32)13-12-21-8-3-4-9-21/h5-6,10-11,17-18,20-21H,3-4,7-9,12-16,19H2,1-2H3/t27-/m0/s1. The van der Waals surface area contributed by atoms with Gasteiger partial charge >= 0.3 is 0 Å². The molecule has 2 amide bonds. The van der Waals surface area contributed by atoms with Gasteiger partial charge in [-0.15, -0.1) is 0 Å². The summed E-state index contributed by atoms with van der Waals surface area (Å²) >= 11 is 0. The topological polar surface area (TPSA) is 66.4 Å². The number of benzene rings is 1. The second-order valence-electron chi connectivity index (χ2n) is 10.0. The van der Waals surface area contributed by atoms with Crippen molar-refractivity contribution in [1.82, 2.24) is 19.8 Å². The van der Waals surface area contributed by atoms with Gasteiger partial charge in [-0.2, -0.15) is 0 Å². The molecule has 2 fully saturated rings. The van der Waals surface area contributed by atoms with Crippen molar-refractivity contribution in [2.24, 2.45) is 11.3 Å². The highest BCUT2D eigenvalue weighted by molar-refractivity contribution is 5.85. The maximum atomic E-state index is 13.6. The molecule has 4 rings (SSSR count). The van der Waals surface area contributed by atoms with Crippen molar-refractivity contribution >= 4 is 11.8 Å². The number of likely N-dealkylation sites (tertiary alicyclic amines) is 1. The Labute approximate surface area is 197 Å². The first-order valence-corrected chi connectivity index (χ1v) is 12.3. The Morgan fingerprint density at radius 1 is 1.09 bits per heavy atom. The predicted molar refractivity (Wildman–Crippen MR) is 129 cm³/mol. The molecule has 0 unspecified atom stereocenters. The van der Waals surface area contributed by atoms with Gasteiger partial charge in [0.15, 0.2) is 0 Å². The first kappa shape index (κ1) is 23.4. The van der Waals surface area contributed by atoms with Gasteiger partial charge in [0.25, 0.3) is 0 Å². The minimum atomic E-state index is -0.615. The summed E-state index contributed by atoms with van der Waals surface area (Å²) in [6.07, 6.45) is 14.1. The molecule has 1 atom stereocenters. The lowest BCUT2D eigenvalue weighted by atomic mass is 9.73. The van der Waals surface area contributed by atoms with Gasteiger partial charge in [0.2, 0.25) is 11.8 Å². The predicted octanol–water partition coefficient (Wildman–Crippen LogP) is 4.35. The molecule has 2 aliphatic rings. The molecule has 0 N–H and O–H groups in total. The van der Waals surface area contributed by atoms with Gasteiger partial charge < -0.3 is 9.80 Å². The van der Waals surface area contributed by atoms with Crippen LogP contribution in [0.5, 0.6) is 0 Å². The Balaban J connectivity index is 1.57. The van der Waals surface area contributed by atoms with Crippen LogP contribution in [-0.4, -0.2) is 58.8 Å². The van der Waals surface area contributed by atoms with Crippen molar-refractivity contribution < 1.29 is 9.59 Å². The van der Waals surface area contributed by atoms with Crippen LogP contribution >= 0.6 is 0 Å². The van der Waals surface area contributed by atoms with Gasteiger partial charge in [0.05, 0.1) is 5.41 Å². The van der Waals surface area contributed by atoms with E-state index in [-0.39, 0.29) is 11.8 Å². The summed E-state index contributed by atoms with van der Waals surface area (Å²) in [7, 11) is 3.64. The molecule has 6 nitrogen and oxygen atoms in total. The summed E-state index contributed by atoms with van der Waals surface area (Å²) < 4.78 is 0. The van der Waals surface area contributed by atoms with Gasteiger partial charge in [0.1, 0.15) is 6.33 Å². The van der Waals surface area contributed by atoms with Crippen LogP contribution in [0.15, 0.2) is 43.0 Å². The molecule has 1 aromatic carbocycles. The van der Waals surface area contributed by atoms with Gasteiger partial charge in [-0.3, -0.25) is 9.59 Å². The normalized spacial score (nSPS) is 21.2. The van der Waals surface area contributed by atoms with Crippen LogP contribution in [0.4, 0.5) is 0 Å². The van der Waals surface area contributed by atoms with Crippen molar-refractivity contribution in [3.8, 4) is 11.1 Å². The molecule has 1 saturated carbocycles. The van der Waals surface area contributed by atoms with E-state index in [9.17, 15) is 9.59 Å². The number of carbonyl (C=O) groups is 2. The molecule has 1 aromatic heterocycles. The Morgan fingerprint density at radius 2 is 1.82 bits per heavy atom. The molecule has 1 aliphatic carbocycles. The van der Waals surface area contributed by atoms with Crippen molar-refractivity contribution in [1.29, 1.82) is 0 Å². The quantitative estimate of drug-likeness (QED) is 0.631. The molecule has 33 heavy (non-hydrogen) atoms. The Morgan fingerprint density at radius 3 is 2.55 bits per heavy atom. The molecule has 2 heterocycles. The van der Waals surface area contributed by atoms with E-state index in [4.69, 9.17) is 0 Å². The third-order valence-corrected chi connectivity index (χ3v) is 7.45. The molecular weight excluding hydrogens is 412 g/mol. The third-order valence-electron chi connectivity index (χ3n) is 7.45. The number of hydrogen-bond acceptors (Lipinski definition) is 4. The fourth-order valence-electron chi connectivity index (χ4n) is 5.76. The fourth-order valence-corrected chi connectivity index (χ4v) is 5.76. The maximum absolute atomic E-state index is 13.6. The minimum Gasteiger partial charge on any atom is -0.348 e. The zero-order valence-electron chi connectivity index (χ0n) is 20.0. The van der Waals surface area contributed by atoms with Crippen LogP contribution < -0.4 is 0 Å². The number of piperidine rings is 1. The van der Waals surface area contributed by atoms with E-state index < -0.39 is 5.41 Å². The summed E-state index contributed by atoms with van der Waals surface area (Å²) in [6, 6.07) is 8.18. The van der Waals surface area contributed by atoms with Crippen LogP contribution in [-0.2, 0) is 16.0 Å². The molecule has 1 aliphatic heterocycles. The number of aromatic nitrogens is 2. The molecule has 0 radical (unpaired) electrons. The van der Waals surface area contributed by atoms with Gasteiger partial charge in [-0.05, 0) is 42.7 Å². The third kappa shape index (κ3) is 5.43. The summed E-state index contributed by atoms with van der Waals surface area (Å²) in [5, 5.41) is 0. The molecule has 176 valence electrons. The lowest BCUT2D eigenvalue weighted by Gasteiger charge is -2.43. The van der Waals surface area contributed by atoms with E-state index in [1.807, 2.05) is 43.5 Å². The van der Waals surface area contributed by atoms with E-state index in [1.54, 1.807) is 4.90 Å². The first-order chi connectivity index (χ1) is 16.0. The summed E-state index contributed by atoms with van der Waals surface area (Å²) in [5.74, 6) is 1.02.